The highest BCUT2D eigenvalue weighted by atomic mass is 32.2. The highest BCUT2D eigenvalue weighted by molar-refractivity contribution is 7.99. The lowest BCUT2D eigenvalue weighted by Gasteiger charge is -2.42. The molecule has 0 radical (unpaired) electrons. The number of benzene rings is 1. The molecule has 0 bridgehead atoms. The predicted octanol–water partition coefficient (Wildman–Crippen LogP) is 1.20. The first-order chi connectivity index (χ1) is 8.27. The lowest BCUT2D eigenvalue weighted by molar-refractivity contribution is -0.161. The smallest absolute Gasteiger partial charge is 0.240 e. The molecule has 0 saturated carbocycles. The zero-order valence-corrected chi connectivity index (χ0v) is 10.1. The molecule has 2 fully saturated rings. The Morgan fingerprint density at radius 1 is 1.29 bits per heavy atom. The van der Waals surface area contributed by atoms with Crippen molar-refractivity contribution in [3.8, 4) is 0 Å². The fourth-order valence-electron chi connectivity index (χ4n) is 2.36. The zero-order chi connectivity index (χ0) is 11.8. The van der Waals surface area contributed by atoms with Gasteiger partial charge >= 0.3 is 0 Å². The van der Waals surface area contributed by atoms with E-state index in [0.29, 0.717) is 18.7 Å². The normalized spacial score (nSPS) is 29.5. The number of thioether (sulfide) groups is 1. The highest BCUT2D eigenvalue weighted by Gasteiger charge is 2.42. The number of nitrogens with zero attached hydrogens (tertiary/aromatic N) is 2. The van der Waals surface area contributed by atoms with Crippen LogP contribution in [0, 0.1) is 0 Å². The summed E-state index contributed by atoms with van der Waals surface area (Å²) in [6.07, 6.45) is -0.170. The monoisotopic (exact) mass is 250 g/mol. The zero-order valence-electron chi connectivity index (χ0n) is 9.32. The van der Waals surface area contributed by atoms with E-state index in [1.54, 1.807) is 11.8 Å². The fraction of sp³-hybridized carbons (Fsp3) is 0.417. The molecule has 0 aliphatic carbocycles. The summed E-state index contributed by atoms with van der Waals surface area (Å²) in [5.74, 6) is 0.598. The lowest BCUT2D eigenvalue weighted by atomic mass is 10.2. The van der Waals surface area contributed by atoms with Gasteiger partial charge in [0.25, 0.3) is 0 Å². The van der Waals surface area contributed by atoms with Crippen molar-refractivity contribution in [2.45, 2.75) is 18.0 Å². The number of hydrogen-bond acceptors (Lipinski definition) is 4. The van der Waals surface area contributed by atoms with E-state index in [0.717, 1.165) is 0 Å². The van der Waals surface area contributed by atoms with Crippen molar-refractivity contribution in [2.75, 3.05) is 12.3 Å². The highest BCUT2D eigenvalue weighted by Crippen LogP contribution is 2.41. The molecular formula is C12H14N2O2S. The van der Waals surface area contributed by atoms with Gasteiger partial charge in [0.05, 0.1) is 5.37 Å². The van der Waals surface area contributed by atoms with Gasteiger partial charge in [-0.3, -0.25) is 4.79 Å². The molecule has 2 atom stereocenters. The number of carbonyl (C=O) groups is 1. The van der Waals surface area contributed by atoms with E-state index in [4.69, 9.17) is 0 Å². The van der Waals surface area contributed by atoms with Gasteiger partial charge in [-0.25, -0.2) is 5.01 Å². The summed E-state index contributed by atoms with van der Waals surface area (Å²) in [5, 5.41) is 13.5. The van der Waals surface area contributed by atoms with E-state index in [2.05, 4.69) is 12.1 Å². The molecule has 4 nitrogen and oxygen atoms in total. The number of fused-ring (bicyclic) bond motifs is 1. The maximum atomic E-state index is 11.7. The fourth-order valence-corrected chi connectivity index (χ4v) is 3.59. The molecule has 2 saturated heterocycles. The summed E-state index contributed by atoms with van der Waals surface area (Å²) in [4.78, 5) is 11.7. The molecule has 90 valence electrons. The average molecular weight is 250 g/mol. The van der Waals surface area contributed by atoms with Crippen LogP contribution in [0.3, 0.4) is 0 Å². The molecule has 2 aliphatic rings. The number of hydrogen-bond donors (Lipinski definition) is 1. The van der Waals surface area contributed by atoms with Gasteiger partial charge in [-0.2, -0.15) is 5.01 Å². The number of aliphatic hydroxyl groups excluding tert-OH is 1. The first-order valence-electron chi connectivity index (χ1n) is 5.70. The summed E-state index contributed by atoms with van der Waals surface area (Å²) in [7, 11) is 0. The van der Waals surface area contributed by atoms with Crippen LogP contribution in [0.4, 0.5) is 0 Å². The molecular weight excluding hydrogens is 236 g/mol. The number of hydrazine groups is 1. The van der Waals surface area contributed by atoms with E-state index in [1.165, 1.54) is 10.6 Å². The van der Waals surface area contributed by atoms with Crippen molar-refractivity contribution in [1.29, 1.82) is 0 Å². The summed E-state index contributed by atoms with van der Waals surface area (Å²) >= 11 is 1.68. The van der Waals surface area contributed by atoms with Crippen molar-refractivity contribution < 1.29 is 9.90 Å². The van der Waals surface area contributed by atoms with Gasteiger partial charge in [-0.15, -0.1) is 11.8 Å². The quantitative estimate of drug-likeness (QED) is 0.813. The third-order valence-electron chi connectivity index (χ3n) is 3.13. The Morgan fingerprint density at radius 2 is 2.06 bits per heavy atom. The molecule has 1 aromatic carbocycles. The second kappa shape index (κ2) is 4.33. The van der Waals surface area contributed by atoms with Crippen molar-refractivity contribution in [3.63, 3.8) is 0 Å². The summed E-state index contributed by atoms with van der Waals surface area (Å²) in [6.45, 7) is 0.697. The second-order valence-electron chi connectivity index (χ2n) is 4.23. The van der Waals surface area contributed by atoms with Crippen LogP contribution in [0.5, 0.6) is 0 Å². The van der Waals surface area contributed by atoms with Gasteiger partial charge in [0, 0.05) is 18.7 Å². The maximum Gasteiger partial charge on any atom is 0.240 e. The molecule has 0 spiro atoms. The summed E-state index contributed by atoms with van der Waals surface area (Å²) in [5.41, 5.74) is 1.18. The van der Waals surface area contributed by atoms with E-state index in [-0.39, 0.29) is 11.3 Å². The van der Waals surface area contributed by atoms with E-state index >= 15 is 0 Å². The second-order valence-corrected chi connectivity index (χ2v) is 5.34. The standard InChI is InChI=1S/C12H14N2O2S/c15-10-6-7-13-12(9-4-2-1-3-5-9)17-8-11(16)14(10)13/h1-5,11-12,16H,6-8H2/t11-,12-/m0/s1. The minimum absolute atomic E-state index is 0.0266. The van der Waals surface area contributed by atoms with Crippen LogP contribution in [0.15, 0.2) is 30.3 Å². The maximum absolute atomic E-state index is 11.7. The Kier molecular flexibility index (Phi) is 2.82. The molecule has 0 aromatic heterocycles. The summed E-state index contributed by atoms with van der Waals surface area (Å²) < 4.78 is 0. The van der Waals surface area contributed by atoms with E-state index in [9.17, 15) is 9.90 Å². The van der Waals surface area contributed by atoms with Gasteiger partial charge in [-0.1, -0.05) is 30.3 Å². The number of aliphatic hydroxyl groups is 1. The van der Waals surface area contributed by atoms with Crippen LogP contribution < -0.4 is 0 Å². The first kappa shape index (κ1) is 11.1. The van der Waals surface area contributed by atoms with Crippen molar-refractivity contribution in [2.24, 2.45) is 0 Å². The Labute approximate surface area is 104 Å². The number of rotatable bonds is 1. The largest absolute Gasteiger partial charge is 0.371 e. The Balaban J connectivity index is 1.90. The molecule has 2 heterocycles. The molecule has 2 aliphatic heterocycles. The van der Waals surface area contributed by atoms with Crippen molar-refractivity contribution in [3.05, 3.63) is 35.9 Å². The SMILES string of the molecule is O=C1CCN2[C@H](c3ccccc3)SC[C@H](O)N12. The van der Waals surface area contributed by atoms with Gasteiger partial charge in [-0.05, 0) is 5.56 Å². The van der Waals surface area contributed by atoms with E-state index in [1.807, 2.05) is 23.2 Å². The molecule has 0 unspecified atom stereocenters. The van der Waals surface area contributed by atoms with Gasteiger partial charge in [0.15, 0.2) is 6.23 Å². The Bertz CT molecular complexity index is 426. The number of amides is 1. The van der Waals surface area contributed by atoms with Crippen LogP contribution in [0.1, 0.15) is 17.4 Å². The van der Waals surface area contributed by atoms with E-state index < -0.39 is 6.23 Å². The lowest BCUT2D eigenvalue weighted by Crippen LogP contribution is -2.51. The average Bonchev–Trinajstić information content (AvgIpc) is 2.74. The third kappa shape index (κ3) is 1.84. The molecule has 1 aromatic rings. The molecule has 5 heteroatoms. The number of carbonyl (C=O) groups excluding carboxylic acids is 1. The van der Waals surface area contributed by atoms with Gasteiger partial charge in [0.1, 0.15) is 0 Å². The molecule has 1 N–H and O–H groups in total. The predicted molar refractivity (Wildman–Crippen MR) is 65.8 cm³/mol. The Morgan fingerprint density at radius 3 is 2.82 bits per heavy atom. The minimum atomic E-state index is -0.671. The topological polar surface area (TPSA) is 43.8 Å². The van der Waals surface area contributed by atoms with Crippen LogP contribution >= 0.6 is 11.8 Å². The van der Waals surface area contributed by atoms with Crippen LogP contribution in [0.2, 0.25) is 0 Å². The Hall–Kier alpha value is -1.04. The third-order valence-corrected chi connectivity index (χ3v) is 4.45. The molecule has 17 heavy (non-hydrogen) atoms. The van der Waals surface area contributed by atoms with Gasteiger partial charge < -0.3 is 5.11 Å². The van der Waals surface area contributed by atoms with Crippen molar-refractivity contribution >= 4 is 17.7 Å². The molecule has 1 amide bonds. The summed E-state index contributed by atoms with van der Waals surface area (Å²) in [6, 6.07) is 10.1. The molecule has 3 rings (SSSR count). The minimum Gasteiger partial charge on any atom is -0.371 e. The van der Waals surface area contributed by atoms with Crippen molar-refractivity contribution in [1.82, 2.24) is 10.0 Å². The van der Waals surface area contributed by atoms with Crippen LogP contribution in [0.25, 0.3) is 0 Å². The first-order valence-corrected chi connectivity index (χ1v) is 6.75. The van der Waals surface area contributed by atoms with Crippen LogP contribution in [-0.4, -0.2) is 39.6 Å². The van der Waals surface area contributed by atoms with Gasteiger partial charge in [0.2, 0.25) is 5.91 Å². The van der Waals surface area contributed by atoms with Crippen LogP contribution in [-0.2, 0) is 4.79 Å².